The van der Waals surface area contributed by atoms with Gasteiger partial charge in [0.15, 0.2) is 0 Å². The number of furan rings is 1. The fraction of sp³-hybridized carbons (Fsp3) is 0.278. The minimum atomic E-state index is -0.132. The number of nitrogens with one attached hydrogen (secondary N) is 1. The van der Waals surface area contributed by atoms with E-state index < -0.39 is 0 Å². The molecule has 0 aliphatic rings. The van der Waals surface area contributed by atoms with Crippen LogP contribution in [0.2, 0.25) is 5.02 Å². The van der Waals surface area contributed by atoms with Crippen molar-refractivity contribution in [3.63, 3.8) is 0 Å². The topological polar surface area (TPSA) is 81.2 Å². The monoisotopic (exact) mass is 391 g/mol. The van der Waals surface area contributed by atoms with Gasteiger partial charge in [0.2, 0.25) is 11.8 Å². The summed E-state index contributed by atoms with van der Waals surface area (Å²) in [6.07, 6.45) is 0. The zero-order valence-corrected chi connectivity index (χ0v) is 16.1. The Kier molecular flexibility index (Phi) is 5.68. The largest absolute Gasteiger partial charge is 0.466 e. The predicted octanol–water partition coefficient (Wildman–Crippen LogP) is 4.57. The quantitative estimate of drug-likeness (QED) is 0.620. The van der Waals surface area contributed by atoms with Crippen molar-refractivity contribution in [1.82, 2.24) is 15.5 Å². The van der Waals surface area contributed by atoms with Crippen LogP contribution in [0.4, 0.5) is 0 Å². The van der Waals surface area contributed by atoms with E-state index in [0.29, 0.717) is 16.1 Å². The number of aryl methyl sites for hydroxylation is 2. The molecule has 3 aromatic rings. The molecule has 0 aliphatic carbocycles. The number of rotatable bonds is 6. The van der Waals surface area contributed by atoms with Crippen LogP contribution in [0.3, 0.4) is 0 Å². The van der Waals surface area contributed by atoms with Crippen molar-refractivity contribution in [2.75, 3.05) is 5.75 Å². The van der Waals surface area contributed by atoms with Crippen LogP contribution in [0.15, 0.2) is 44.4 Å². The lowest BCUT2D eigenvalue weighted by molar-refractivity contribution is -0.119. The molecule has 8 heteroatoms. The number of amides is 1. The number of carbonyl (C=O) groups is 1. The van der Waals surface area contributed by atoms with E-state index >= 15 is 0 Å². The molecule has 0 bridgehead atoms. The van der Waals surface area contributed by atoms with Gasteiger partial charge in [-0.1, -0.05) is 23.4 Å². The van der Waals surface area contributed by atoms with Gasteiger partial charge in [0, 0.05) is 16.1 Å². The molecule has 0 saturated carbocycles. The number of hydrogen-bond acceptors (Lipinski definition) is 6. The molecule has 2 aromatic heterocycles. The third-order valence-corrected chi connectivity index (χ3v) is 4.82. The minimum absolute atomic E-state index is 0.119. The van der Waals surface area contributed by atoms with E-state index in [1.807, 2.05) is 26.8 Å². The molecule has 3 rings (SSSR count). The number of halogens is 1. The van der Waals surface area contributed by atoms with Crippen molar-refractivity contribution in [1.29, 1.82) is 0 Å². The number of hydrogen-bond donors (Lipinski definition) is 1. The molecule has 26 heavy (non-hydrogen) atoms. The first kappa shape index (κ1) is 18.5. The van der Waals surface area contributed by atoms with Gasteiger partial charge in [-0.3, -0.25) is 4.79 Å². The van der Waals surface area contributed by atoms with Crippen LogP contribution in [0.25, 0.3) is 11.5 Å². The Morgan fingerprint density at radius 3 is 2.62 bits per heavy atom. The molecule has 1 aromatic carbocycles. The Hall–Kier alpha value is -2.25. The van der Waals surface area contributed by atoms with Crippen molar-refractivity contribution in [2.24, 2.45) is 0 Å². The Bertz CT molecular complexity index is 905. The van der Waals surface area contributed by atoms with E-state index in [4.69, 9.17) is 20.4 Å². The standard InChI is InChI=1S/C18H18ClN3O3S/c1-10-8-15(12(3)24-10)11(2)20-16(23)9-26-18-22-21-17(25-18)13-4-6-14(19)7-5-13/h4-8,11H,9H2,1-3H3,(H,20,23). The summed E-state index contributed by atoms with van der Waals surface area (Å²) in [5.74, 6) is 2.10. The van der Waals surface area contributed by atoms with Crippen LogP contribution >= 0.6 is 23.4 Å². The number of benzene rings is 1. The molecule has 0 spiro atoms. The number of carbonyl (C=O) groups excluding carboxylic acids is 1. The van der Waals surface area contributed by atoms with Gasteiger partial charge in [-0.15, -0.1) is 10.2 Å². The lowest BCUT2D eigenvalue weighted by Gasteiger charge is -2.12. The Balaban J connectivity index is 1.55. The third kappa shape index (κ3) is 4.47. The van der Waals surface area contributed by atoms with Gasteiger partial charge in [-0.2, -0.15) is 0 Å². The molecule has 0 aliphatic heterocycles. The summed E-state index contributed by atoms with van der Waals surface area (Å²) in [6, 6.07) is 8.91. The smallest absolute Gasteiger partial charge is 0.277 e. The number of nitrogens with zero attached hydrogens (tertiary/aromatic N) is 2. The lowest BCUT2D eigenvalue weighted by atomic mass is 10.1. The molecule has 2 heterocycles. The molecular weight excluding hydrogens is 374 g/mol. The SMILES string of the molecule is Cc1cc(C(C)NC(=O)CSc2nnc(-c3ccc(Cl)cc3)o2)c(C)o1. The normalized spacial score (nSPS) is 12.2. The van der Waals surface area contributed by atoms with Crippen molar-refractivity contribution < 1.29 is 13.6 Å². The third-order valence-electron chi connectivity index (χ3n) is 3.75. The first-order chi connectivity index (χ1) is 12.4. The molecule has 6 nitrogen and oxygen atoms in total. The summed E-state index contributed by atoms with van der Waals surface area (Å²) in [5, 5.41) is 11.9. The molecule has 0 fully saturated rings. The zero-order chi connectivity index (χ0) is 18.7. The van der Waals surface area contributed by atoms with Crippen LogP contribution in [0.5, 0.6) is 0 Å². The summed E-state index contributed by atoms with van der Waals surface area (Å²) in [6.45, 7) is 5.69. The molecular formula is C18H18ClN3O3S. The van der Waals surface area contributed by atoms with Crippen LogP contribution in [0, 0.1) is 13.8 Å². The van der Waals surface area contributed by atoms with E-state index in [-0.39, 0.29) is 17.7 Å². The Morgan fingerprint density at radius 2 is 1.96 bits per heavy atom. The number of aromatic nitrogens is 2. The van der Waals surface area contributed by atoms with Crippen molar-refractivity contribution in [2.45, 2.75) is 32.0 Å². The summed E-state index contributed by atoms with van der Waals surface area (Å²) < 4.78 is 11.1. The van der Waals surface area contributed by atoms with Gasteiger partial charge >= 0.3 is 0 Å². The first-order valence-corrected chi connectivity index (χ1v) is 9.37. The first-order valence-electron chi connectivity index (χ1n) is 8.01. The highest BCUT2D eigenvalue weighted by Gasteiger charge is 2.16. The van der Waals surface area contributed by atoms with Crippen molar-refractivity contribution in [3.8, 4) is 11.5 Å². The summed E-state index contributed by atoms with van der Waals surface area (Å²) in [7, 11) is 0. The summed E-state index contributed by atoms with van der Waals surface area (Å²) in [5.41, 5.74) is 1.75. The van der Waals surface area contributed by atoms with Crippen LogP contribution in [-0.4, -0.2) is 21.9 Å². The maximum atomic E-state index is 12.2. The van der Waals surface area contributed by atoms with E-state index in [1.165, 1.54) is 11.8 Å². The zero-order valence-electron chi connectivity index (χ0n) is 14.6. The van der Waals surface area contributed by atoms with Gasteiger partial charge < -0.3 is 14.2 Å². The average molecular weight is 392 g/mol. The second kappa shape index (κ2) is 7.97. The van der Waals surface area contributed by atoms with Crippen LogP contribution in [0.1, 0.15) is 30.0 Å². The van der Waals surface area contributed by atoms with Gasteiger partial charge in [0.25, 0.3) is 5.22 Å². The second-order valence-electron chi connectivity index (χ2n) is 5.83. The molecule has 1 N–H and O–H groups in total. The van der Waals surface area contributed by atoms with E-state index in [9.17, 15) is 4.79 Å². The van der Waals surface area contributed by atoms with Crippen LogP contribution < -0.4 is 5.32 Å². The van der Waals surface area contributed by atoms with E-state index in [1.54, 1.807) is 24.3 Å². The highest BCUT2D eigenvalue weighted by molar-refractivity contribution is 7.99. The summed E-state index contributed by atoms with van der Waals surface area (Å²) >= 11 is 7.06. The predicted molar refractivity (Wildman–Crippen MR) is 100 cm³/mol. The van der Waals surface area contributed by atoms with Crippen LogP contribution in [-0.2, 0) is 4.79 Å². The second-order valence-corrected chi connectivity index (χ2v) is 7.19. The number of thioether (sulfide) groups is 1. The Labute approximate surface area is 160 Å². The average Bonchev–Trinajstić information content (AvgIpc) is 3.20. The maximum absolute atomic E-state index is 12.2. The Morgan fingerprint density at radius 1 is 1.23 bits per heavy atom. The highest BCUT2D eigenvalue weighted by Crippen LogP contribution is 2.25. The van der Waals surface area contributed by atoms with Crippen molar-refractivity contribution in [3.05, 3.63) is 52.4 Å². The molecule has 1 unspecified atom stereocenters. The molecule has 1 atom stereocenters. The van der Waals surface area contributed by atoms with Gasteiger partial charge in [0.1, 0.15) is 11.5 Å². The highest BCUT2D eigenvalue weighted by atomic mass is 35.5. The molecule has 136 valence electrons. The van der Waals surface area contributed by atoms with Gasteiger partial charge in [0.05, 0.1) is 11.8 Å². The molecule has 1 amide bonds. The minimum Gasteiger partial charge on any atom is -0.466 e. The molecule has 0 saturated heterocycles. The van der Waals surface area contributed by atoms with E-state index in [0.717, 1.165) is 22.6 Å². The molecule has 0 radical (unpaired) electrons. The van der Waals surface area contributed by atoms with Crippen molar-refractivity contribution >= 4 is 29.3 Å². The summed E-state index contributed by atoms with van der Waals surface area (Å²) in [4.78, 5) is 12.2. The lowest BCUT2D eigenvalue weighted by Crippen LogP contribution is -2.28. The maximum Gasteiger partial charge on any atom is 0.277 e. The van der Waals surface area contributed by atoms with E-state index in [2.05, 4.69) is 15.5 Å². The fourth-order valence-corrected chi connectivity index (χ4v) is 3.25. The fourth-order valence-electron chi connectivity index (χ4n) is 2.55. The van der Waals surface area contributed by atoms with Gasteiger partial charge in [-0.25, -0.2) is 0 Å². The van der Waals surface area contributed by atoms with Gasteiger partial charge in [-0.05, 0) is 51.1 Å².